The standard InChI is InChI=1S/C17H26ClNO2/c1-14-5-6-17(16(18)12-14)21-11-10-20-9-8-19-7-3-4-15(2)13-19/h5-6,12,15H,3-4,7-11,13H2,1-2H3. The van der Waals surface area contributed by atoms with Crippen LogP contribution >= 0.6 is 11.6 Å². The van der Waals surface area contributed by atoms with Crippen molar-refractivity contribution < 1.29 is 9.47 Å². The van der Waals surface area contributed by atoms with Crippen molar-refractivity contribution in [3.8, 4) is 5.75 Å². The van der Waals surface area contributed by atoms with Gasteiger partial charge in [0.15, 0.2) is 0 Å². The smallest absolute Gasteiger partial charge is 0.138 e. The number of hydrogen-bond donors (Lipinski definition) is 0. The van der Waals surface area contributed by atoms with Crippen molar-refractivity contribution >= 4 is 11.6 Å². The Morgan fingerprint density at radius 2 is 2.14 bits per heavy atom. The molecule has 3 nitrogen and oxygen atoms in total. The summed E-state index contributed by atoms with van der Waals surface area (Å²) in [5.74, 6) is 1.56. The molecule has 118 valence electrons. The van der Waals surface area contributed by atoms with E-state index in [1.807, 2.05) is 25.1 Å². The van der Waals surface area contributed by atoms with E-state index < -0.39 is 0 Å². The highest BCUT2D eigenvalue weighted by Gasteiger charge is 2.15. The lowest BCUT2D eigenvalue weighted by atomic mass is 10.0. The molecule has 1 saturated heterocycles. The fraction of sp³-hybridized carbons (Fsp3) is 0.647. The highest BCUT2D eigenvalue weighted by atomic mass is 35.5. The molecule has 1 unspecified atom stereocenters. The molecular weight excluding hydrogens is 286 g/mol. The predicted octanol–water partition coefficient (Wildman–Crippen LogP) is 3.78. The van der Waals surface area contributed by atoms with Crippen molar-refractivity contribution in [2.24, 2.45) is 5.92 Å². The number of aryl methyl sites for hydroxylation is 1. The normalized spacial score (nSPS) is 19.7. The van der Waals surface area contributed by atoms with Crippen molar-refractivity contribution in [3.63, 3.8) is 0 Å². The largest absolute Gasteiger partial charge is 0.490 e. The first-order valence-electron chi connectivity index (χ1n) is 7.84. The molecule has 1 aliphatic rings. The quantitative estimate of drug-likeness (QED) is 0.715. The van der Waals surface area contributed by atoms with Crippen LogP contribution in [0.1, 0.15) is 25.3 Å². The van der Waals surface area contributed by atoms with Gasteiger partial charge in [-0.3, -0.25) is 0 Å². The zero-order valence-electron chi connectivity index (χ0n) is 13.1. The molecule has 0 amide bonds. The molecule has 0 saturated carbocycles. The Kier molecular flexibility index (Phi) is 6.81. The van der Waals surface area contributed by atoms with Crippen LogP contribution in [0.5, 0.6) is 5.75 Å². The van der Waals surface area contributed by atoms with Crippen LogP contribution in [0.2, 0.25) is 5.02 Å². The number of hydrogen-bond acceptors (Lipinski definition) is 3. The Morgan fingerprint density at radius 3 is 2.90 bits per heavy atom. The summed E-state index contributed by atoms with van der Waals surface area (Å²) in [5.41, 5.74) is 1.14. The molecule has 1 atom stereocenters. The lowest BCUT2D eigenvalue weighted by molar-refractivity contribution is 0.0689. The Labute approximate surface area is 133 Å². The highest BCUT2D eigenvalue weighted by molar-refractivity contribution is 6.32. The molecule has 0 aliphatic carbocycles. The fourth-order valence-corrected chi connectivity index (χ4v) is 3.01. The first kappa shape index (κ1) is 16.6. The number of nitrogens with zero attached hydrogens (tertiary/aromatic N) is 1. The molecule has 2 rings (SSSR count). The molecule has 0 aromatic heterocycles. The van der Waals surface area contributed by atoms with E-state index in [0.717, 1.165) is 30.4 Å². The second-order valence-electron chi connectivity index (χ2n) is 5.94. The van der Waals surface area contributed by atoms with E-state index >= 15 is 0 Å². The van der Waals surface area contributed by atoms with Gasteiger partial charge in [-0.25, -0.2) is 0 Å². The molecule has 0 bridgehead atoms. The second-order valence-corrected chi connectivity index (χ2v) is 6.35. The van der Waals surface area contributed by atoms with Gasteiger partial charge >= 0.3 is 0 Å². The van der Waals surface area contributed by atoms with Crippen LogP contribution < -0.4 is 4.74 Å². The maximum atomic E-state index is 6.11. The summed E-state index contributed by atoms with van der Waals surface area (Å²) >= 11 is 6.11. The monoisotopic (exact) mass is 311 g/mol. The third kappa shape index (κ3) is 5.85. The number of likely N-dealkylation sites (tertiary alicyclic amines) is 1. The first-order chi connectivity index (χ1) is 10.1. The molecule has 0 N–H and O–H groups in total. The SMILES string of the molecule is Cc1ccc(OCCOCCN2CCCC(C)C2)c(Cl)c1. The van der Waals surface area contributed by atoms with Crippen LogP contribution in [0.3, 0.4) is 0 Å². The van der Waals surface area contributed by atoms with Crippen LogP contribution in [0.4, 0.5) is 0 Å². The van der Waals surface area contributed by atoms with Gasteiger partial charge in [0.25, 0.3) is 0 Å². The van der Waals surface area contributed by atoms with Crippen LogP contribution in [0.25, 0.3) is 0 Å². The third-order valence-corrected chi connectivity index (χ3v) is 4.16. The van der Waals surface area contributed by atoms with E-state index in [9.17, 15) is 0 Å². The van der Waals surface area contributed by atoms with Gasteiger partial charge in [0.2, 0.25) is 0 Å². The number of halogens is 1. The maximum Gasteiger partial charge on any atom is 0.138 e. The maximum absolute atomic E-state index is 6.11. The first-order valence-corrected chi connectivity index (χ1v) is 8.22. The predicted molar refractivity (Wildman–Crippen MR) is 87.3 cm³/mol. The van der Waals surface area contributed by atoms with Crippen molar-refractivity contribution in [2.45, 2.75) is 26.7 Å². The minimum atomic E-state index is 0.541. The van der Waals surface area contributed by atoms with Gasteiger partial charge in [0.05, 0.1) is 18.2 Å². The van der Waals surface area contributed by atoms with Crippen molar-refractivity contribution in [2.75, 3.05) is 39.5 Å². The molecule has 0 radical (unpaired) electrons. The summed E-state index contributed by atoms with van der Waals surface area (Å²) in [6.07, 6.45) is 2.68. The van der Waals surface area contributed by atoms with E-state index in [4.69, 9.17) is 21.1 Å². The summed E-state index contributed by atoms with van der Waals surface area (Å²) in [5, 5.41) is 0.664. The van der Waals surface area contributed by atoms with E-state index in [0.29, 0.717) is 18.2 Å². The Balaban J connectivity index is 1.55. The number of benzene rings is 1. The number of rotatable bonds is 7. The summed E-state index contributed by atoms with van der Waals surface area (Å²) in [6, 6.07) is 5.82. The molecule has 4 heteroatoms. The Hall–Kier alpha value is -0.770. The highest BCUT2D eigenvalue weighted by Crippen LogP contribution is 2.24. The molecule has 1 aliphatic heterocycles. The van der Waals surface area contributed by atoms with Gasteiger partial charge < -0.3 is 14.4 Å². The third-order valence-electron chi connectivity index (χ3n) is 3.87. The summed E-state index contributed by atoms with van der Waals surface area (Å²) in [6.45, 7) is 9.70. The molecule has 1 fully saturated rings. The molecule has 0 spiro atoms. The number of piperidine rings is 1. The van der Waals surface area contributed by atoms with Crippen LogP contribution in [-0.2, 0) is 4.74 Å². The molecular formula is C17H26ClNO2. The van der Waals surface area contributed by atoms with Gasteiger partial charge in [-0.15, -0.1) is 0 Å². The van der Waals surface area contributed by atoms with Crippen LogP contribution in [0.15, 0.2) is 18.2 Å². The summed E-state index contributed by atoms with van der Waals surface area (Å²) < 4.78 is 11.3. The average Bonchev–Trinajstić information content (AvgIpc) is 2.44. The minimum absolute atomic E-state index is 0.541. The van der Waals surface area contributed by atoms with Gasteiger partial charge in [0, 0.05) is 13.1 Å². The van der Waals surface area contributed by atoms with Crippen LogP contribution in [0, 0.1) is 12.8 Å². The summed E-state index contributed by atoms with van der Waals surface area (Å²) in [7, 11) is 0. The average molecular weight is 312 g/mol. The zero-order valence-corrected chi connectivity index (χ0v) is 13.9. The molecule has 1 heterocycles. The van der Waals surface area contributed by atoms with Gasteiger partial charge in [-0.2, -0.15) is 0 Å². The molecule has 1 aromatic carbocycles. The van der Waals surface area contributed by atoms with E-state index in [-0.39, 0.29) is 0 Å². The van der Waals surface area contributed by atoms with E-state index in [2.05, 4.69) is 11.8 Å². The van der Waals surface area contributed by atoms with Crippen molar-refractivity contribution in [1.82, 2.24) is 4.90 Å². The van der Waals surface area contributed by atoms with Gasteiger partial charge in [0.1, 0.15) is 12.4 Å². The molecule has 21 heavy (non-hydrogen) atoms. The zero-order chi connectivity index (χ0) is 15.1. The fourth-order valence-electron chi connectivity index (χ4n) is 2.72. The van der Waals surface area contributed by atoms with Crippen molar-refractivity contribution in [3.05, 3.63) is 28.8 Å². The van der Waals surface area contributed by atoms with Gasteiger partial charge in [-0.05, 0) is 49.9 Å². The van der Waals surface area contributed by atoms with E-state index in [1.54, 1.807) is 0 Å². The Morgan fingerprint density at radius 1 is 1.29 bits per heavy atom. The van der Waals surface area contributed by atoms with E-state index in [1.165, 1.54) is 25.9 Å². The van der Waals surface area contributed by atoms with Crippen LogP contribution in [-0.4, -0.2) is 44.4 Å². The number of ether oxygens (including phenoxy) is 2. The lowest BCUT2D eigenvalue weighted by Gasteiger charge is -2.30. The topological polar surface area (TPSA) is 21.7 Å². The summed E-state index contributed by atoms with van der Waals surface area (Å²) in [4.78, 5) is 2.49. The Bertz CT molecular complexity index is 439. The minimum Gasteiger partial charge on any atom is -0.490 e. The second kappa shape index (κ2) is 8.62. The molecule has 1 aromatic rings. The van der Waals surface area contributed by atoms with Gasteiger partial charge in [-0.1, -0.05) is 24.6 Å². The van der Waals surface area contributed by atoms with Crippen molar-refractivity contribution in [1.29, 1.82) is 0 Å². The lowest BCUT2D eigenvalue weighted by Crippen LogP contribution is -2.36.